The molecule has 1 aromatic rings. The van der Waals surface area contributed by atoms with Crippen LogP contribution in [0.2, 0.25) is 0 Å². The minimum atomic E-state index is -1.12. The van der Waals surface area contributed by atoms with Crippen LogP contribution in [0.1, 0.15) is 26.3 Å². The second-order valence-electron chi connectivity index (χ2n) is 2.64. The van der Waals surface area contributed by atoms with Gasteiger partial charge in [0.25, 0.3) is 0 Å². The minimum absolute atomic E-state index is 0. The summed E-state index contributed by atoms with van der Waals surface area (Å²) < 4.78 is 0. The minimum Gasteiger partial charge on any atom is -0.478 e. The van der Waals surface area contributed by atoms with E-state index in [-0.39, 0.29) is 17.3 Å². The molecule has 5 N–H and O–H groups in total. The molecule has 0 radical (unpaired) electrons. The Balaban J connectivity index is 0.00000169. The van der Waals surface area contributed by atoms with E-state index in [2.05, 4.69) is 0 Å². The highest BCUT2D eigenvalue weighted by Gasteiger charge is 2.10. The Labute approximate surface area is 80.6 Å². The first-order valence-electron chi connectivity index (χ1n) is 3.59. The average molecular weight is 197 g/mol. The SMILES string of the molecule is Cc1ccc(C(=O)O)cc1C(=O)O.N. The number of aromatic carboxylic acids is 2. The zero-order valence-corrected chi connectivity index (χ0v) is 7.65. The van der Waals surface area contributed by atoms with Crippen LogP contribution in [0.4, 0.5) is 0 Å². The lowest BCUT2D eigenvalue weighted by Crippen LogP contribution is -2.03. The van der Waals surface area contributed by atoms with Gasteiger partial charge in [-0.1, -0.05) is 6.07 Å². The van der Waals surface area contributed by atoms with Crippen molar-refractivity contribution in [2.75, 3.05) is 0 Å². The molecule has 5 nitrogen and oxygen atoms in total. The van der Waals surface area contributed by atoms with Gasteiger partial charge in [-0.2, -0.15) is 0 Å². The Kier molecular flexibility index (Phi) is 3.79. The lowest BCUT2D eigenvalue weighted by Gasteiger charge is -2.01. The van der Waals surface area contributed by atoms with Crippen molar-refractivity contribution in [2.24, 2.45) is 0 Å². The van der Waals surface area contributed by atoms with Gasteiger partial charge in [0.15, 0.2) is 0 Å². The molecule has 0 amide bonds. The van der Waals surface area contributed by atoms with Crippen LogP contribution in [0, 0.1) is 6.92 Å². The van der Waals surface area contributed by atoms with Crippen molar-refractivity contribution in [3.63, 3.8) is 0 Å². The van der Waals surface area contributed by atoms with E-state index in [4.69, 9.17) is 10.2 Å². The molecule has 0 aliphatic rings. The van der Waals surface area contributed by atoms with Crippen LogP contribution < -0.4 is 6.15 Å². The van der Waals surface area contributed by atoms with E-state index in [9.17, 15) is 9.59 Å². The summed E-state index contributed by atoms with van der Waals surface area (Å²) in [6, 6.07) is 4.01. The summed E-state index contributed by atoms with van der Waals surface area (Å²) >= 11 is 0. The molecular weight excluding hydrogens is 186 g/mol. The zero-order valence-electron chi connectivity index (χ0n) is 7.65. The van der Waals surface area contributed by atoms with Crippen LogP contribution >= 0.6 is 0 Å². The van der Waals surface area contributed by atoms with E-state index in [1.165, 1.54) is 12.1 Å². The van der Waals surface area contributed by atoms with E-state index in [1.54, 1.807) is 6.92 Å². The van der Waals surface area contributed by atoms with Crippen molar-refractivity contribution in [3.05, 3.63) is 34.9 Å². The third-order valence-electron chi connectivity index (χ3n) is 1.71. The van der Waals surface area contributed by atoms with Crippen LogP contribution in [0.15, 0.2) is 18.2 Å². The first-order chi connectivity index (χ1) is 6.02. The van der Waals surface area contributed by atoms with Gasteiger partial charge in [0.2, 0.25) is 0 Å². The van der Waals surface area contributed by atoms with E-state index in [0.29, 0.717) is 5.56 Å². The monoisotopic (exact) mass is 197 g/mol. The lowest BCUT2D eigenvalue weighted by molar-refractivity contribution is 0.0695. The van der Waals surface area contributed by atoms with Gasteiger partial charge in [0.1, 0.15) is 0 Å². The number of benzene rings is 1. The van der Waals surface area contributed by atoms with Gasteiger partial charge in [0.05, 0.1) is 11.1 Å². The maximum atomic E-state index is 10.6. The smallest absolute Gasteiger partial charge is 0.335 e. The molecule has 0 bridgehead atoms. The van der Waals surface area contributed by atoms with Gasteiger partial charge < -0.3 is 16.4 Å². The number of hydrogen-bond acceptors (Lipinski definition) is 3. The summed E-state index contributed by atoms with van der Waals surface area (Å²) in [4.78, 5) is 21.1. The molecule has 0 aromatic heterocycles. The van der Waals surface area contributed by atoms with Crippen LogP contribution in [-0.2, 0) is 0 Å². The van der Waals surface area contributed by atoms with Crippen molar-refractivity contribution >= 4 is 11.9 Å². The first kappa shape index (κ1) is 12.1. The summed E-state index contributed by atoms with van der Waals surface area (Å²) in [7, 11) is 0. The van der Waals surface area contributed by atoms with Crippen molar-refractivity contribution in [1.29, 1.82) is 0 Å². The molecule has 14 heavy (non-hydrogen) atoms. The summed E-state index contributed by atoms with van der Waals surface area (Å²) in [5.41, 5.74) is 0.570. The maximum Gasteiger partial charge on any atom is 0.335 e. The molecule has 0 saturated carbocycles. The molecule has 0 atom stereocenters. The van der Waals surface area contributed by atoms with Gasteiger partial charge in [0, 0.05) is 0 Å². The number of rotatable bonds is 2. The largest absolute Gasteiger partial charge is 0.478 e. The van der Waals surface area contributed by atoms with E-state index >= 15 is 0 Å². The number of aryl methyl sites for hydroxylation is 1. The van der Waals surface area contributed by atoms with Gasteiger partial charge >= 0.3 is 11.9 Å². The number of carbonyl (C=O) groups is 2. The lowest BCUT2D eigenvalue weighted by atomic mass is 10.1. The summed E-state index contributed by atoms with van der Waals surface area (Å²) in [5.74, 6) is -2.23. The summed E-state index contributed by atoms with van der Waals surface area (Å²) in [6.45, 7) is 1.62. The Morgan fingerprint density at radius 2 is 1.71 bits per heavy atom. The predicted molar refractivity (Wildman–Crippen MR) is 50.1 cm³/mol. The first-order valence-corrected chi connectivity index (χ1v) is 3.59. The molecule has 0 saturated heterocycles. The molecule has 0 unspecified atom stereocenters. The molecule has 0 fully saturated rings. The molecular formula is C9H11NO4. The fourth-order valence-electron chi connectivity index (χ4n) is 0.985. The second kappa shape index (κ2) is 4.38. The Bertz CT molecular complexity index is 373. The van der Waals surface area contributed by atoms with Crippen molar-refractivity contribution < 1.29 is 19.8 Å². The highest BCUT2D eigenvalue weighted by molar-refractivity contribution is 5.94. The quantitative estimate of drug-likeness (QED) is 0.666. The average Bonchev–Trinajstić information content (AvgIpc) is 2.04. The van der Waals surface area contributed by atoms with Crippen LogP contribution in [0.5, 0.6) is 0 Å². The highest BCUT2D eigenvalue weighted by Crippen LogP contribution is 2.10. The summed E-state index contributed by atoms with van der Waals surface area (Å²) in [5, 5.41) is 17.3. The van der Waals surface area contributed by atoms with Crippen molar-refractivity contribution in [2.45, 2.75) is 6.92 Å². The molecule has 0 spiro atoms. The maximum absolute atomic E-state index is 10.6. The highest BCUT2D eigenvalue weighted by atomic mass is 16.4. The second-order valence-corrected chi connectivity index (χ2v) is 2.64. The fourth-order valence-corrected chi connectivity index (χ4v) is 0.985. The molecule has 1 aromatic carbocycles. The Morgan fingerprint density at radius 3 is 2.14 bits per heavy atom. The van der Waals surface area contributed by atoms with E-state index in [1.807, 2.05) is 0 Å². The van der Waals surface area contributed by atoms with Gasteiger partial charge in [-0.05, 0) is 24.6 Å². The molecule has 1 rings (SSSR count). The third kappa shape index (κ3) is 2.30. The third-order valence-corrected chi connectivity index (χ3v) is 1.71. The zero-order chi connectivity index (χ0) is 10.0. The van der Waals surface area contributed by atoms with Crippen LogP contribution in [-0.4, -0.2) is 22.2 Å². The topological polar surface area (TPSA) is 110 Å². The van der Waals surface area contributed by atoms with E-state index < -0.39 is 11.9 Å². The van der Waals surface area contributed by atoms with Gasteiger partial charge in [-0.15, -0.1) is 0 Å². The molecule has 0 heterocycles. The molecule has 0 aliphatic carbocycles. The molecule has 76 valence electrons. The molecule has 5 heteroatoms. The Morgan fingerprint density at radius 1 is 1.14 bits per heavy atom. The fraction of sp³-hybridized carbons (Fsp3) is 0.111. The van der Waals surface area contributed by atoms with Crippen LogP contribution in [0.3, 0.4) is 0 Å². The standard InChI is InChI=1S/C9H8O4.H3N/c1-5-2-3-6(8(10)11)4-7(5)9(12)13;/h2-4H,1H3,(H,10,11)(H,12,13);1H3. The van der Waals surface area contributed by atoms with Crippen molar-refractivity contribution in [3.8, 4) is 0 Å². The normalized spacial score (nSPS) is 8.93. The van der Waals surface area contributed by atoms with Gasteiger partial charge in [-0.3, -0.25) is 0 Å². The van der Waals surface area contributed by atoms with Gasteiger partial charge in [-0.25, -0.2) is 9.59 Å². The predicted octanol–water partition coefficient (Wildman–Crippen LogP) is 1.55. The summed E-state index contributed by atoms with van der Waals surface area (Å²) in [6.07, 6.45) is 0. The number of hydrogen-bond donors (Lipinski definition) is 3. The number of carboxylic acid groups (broad SMARTS) is 2. The number of carboxylic acids is 2. The van der Waals surface area contributed by atoms with Crippen molar-refractivity contribution in [1.82, 2.24) is 6.15 Å². The molecule has 0 aliphatic heterocycles. The van der Waals surface area contributed by atoms with Crippen LogP contribution in [0.25, 0.3) is 0 Å². The Hall–Kier alpha value is -1.88. The van der Waals surface area contributed by atoms with E-state index in [0.717, 1.165) is 6.07 Å².